The predicted molar refractivity (Wildman–Crippen MR) is 65.7 cm³/mol. The minimum atomic E-state index is -0.247. The van der Waals surface area contributed by atoms with Crippen molar-refractivity contribution in [3.05, 3.63) is 24.3 Å². The van der Waals surface area contributed by atoms with Crippen LogP contribution in [0.15, 0.2) is 24.3 Å². The van der Waals surface area contributed by atoms with Crippen LogP contribution in [0.4, 0.5) is 5.69 Å². The summed E-state index contributed by atoms with van der Waals surface area (Å²) in [5, 5.41) is 11.6. The van der Waals surface area contributed by atoms with Crippen LogP contribution in [0.1, 0.15) is 13.3 Å². The smallest absolute Gasteiger partial charge is 0.258 e. The zero-order chi connectivity index (χ0) is 12.7. The quantitative estimate of drug-likeness (QED) is 0.631. The molecule has 0 aliphatic carbocycles. The molecule has 1 amide bonds. The molecule has 5 nitrogen and oxygen atoms in total. The lowest BCUT2D eigenvalue weighted by Gasteiger charge is -2.14. The number of carbonyl (C=O) groups is 1. The average Bonchev–Trinajstić information content (AvgIpc) is 2.35. The molecule has 1 aromatic rings. The monoisotopic (exact) mass is 238 g/mol. The third-order valence-corrected chi connectivity index (χ3v) is 2.33. The summed E-state index contributed by atoms with van der Waals surface area (Å²) >= 11 is 0. The first-order valence-electron chi connectivity index (χ1n) is 5.54. The van der Waals surface area contributed by atoms with E-state index in [9.17, 15) is 4.79 Å². The zero-order valence-corrected chi connectivity index (χ0v) is 9.85. The Morgan fingerprint density at radius 3 is 2.65 bits per heavy atom. The molecule has 17 heavy (non-hydrogen) atoms. The zero-order valence-electron chi connectivity index (χ0n) is 9.85. The largest absolute Gasteiger partial charge is 0.484 e. The lowest BCUT2D eigenvalue weighted by molar-refractivity contribution is -0.124. The fraction of sp³-hybridized carbons (Fsp3) is 0.417. The van der Waals surface area contributed by atoms with Gasteiger partial charge < -0.3 is 20.9 Å². The molecular weight excluding hydrogens is 220 g/mol. The fourth-order valence-electron chi connectivity index (χ4n) is 1.26. The van der Waals surface area contributed by atoms with Crippen LogP contribution in [-0.2, 0) is 4.79 Å². The van der Waals surface area contributed by atoms with Crippen molar-refractivity contribution in [2.24, 2.45) is 0 Å². The molecule has 1 rings (SSSR count). The molecule has 0 unspecified atom stereocenters. The summed E-state index contributed by atoms with van der Waals surface area (Å²) in [5.41, 5.74) is 6.17. The molecule has 94 valence electrons. The maximum atomic E-state index is 11.4. The molecule has 0 spiro atoms. The standard InChI is InChI=1S/C12H18N2O3/c1-2-10(7-15)14-12(16)8-17-11-5-3-9(13)4-6-11/h3-6,10,15H,2,7-8,13H2,1H3,(H,14,16)/t10-/m0/s1. The number of amides is 1. The van der Waals surface area contributed by atoms with Crippen LogP contribution in [0.5, 0.6) is 5.75 Å². The Balaban J connectivity index is 2.35. The number of aliphatic hydroxyl groups is 1. The Bertz CT molecular complexity index is 347. The molecule has 0 aromatic heterocycles. The normalized spacial score (nSPS) is 11.9. The molecule has 0 heterocycles. The Hall–Kier alpha value is -1.75. The van der Waals surface area contributed by atoms with Crippen molar-refractivity contribution in [2.75, 3.05) is 18.9 Å². The molecule has 0 aliphatic rings. The van der Waals surface area contributed by atoms with Gasteiger partial charge in [0.25, 0.3) is 5.91 Å². The van der Waals surface area contributed by atoms with Crippen molar-refractivity contribution in [2.45, 2.75) is 19.4 Å². The van der Waals surface area contributed by atoms with E-state index in [2.05, 4.69) is 5.32 Å². The van der Waals surface area contributed by atoms with Crippen LogP contribution >= 0.6 is 0 Å². The first-order chi connectivity index (χ1) is 8.15. The summed E-state index contributed by atoms with van der Waals surface area (Å²) in [6.45, 7) is 1.76. The Morgan fingerprint density at radius 2 is 2.12 bits per heavy atom. The van der Waals surface area contributed by atoms with Gasteiger partial charge >= 0.3 is 0 Å². The number of hydrogen-bond donors (Lipinski definition) is 3. The Kier molecular flexibility index (Phi) is 5.29. The highest BCUT2D eigenvalue weighted by atomic mass is 16.5. The van der Waals surface area contributed by atoms with E-state index in [1.165, 1.54) is 0 Å². The topological polar surface area (TPSA) is 84.6 Å². The molecule has 0 radical (unpaired) electrons. The number of ether oxygens (including phenoxy) is 1. The number of hydrogen-bond acceptors (Lipinski definition) is 4. The van der Waals surface area contributed by atoms with Gasteiger partial charge in [0, 0.05) is 5.69 Å². The molecule has 0 bridgehead atoms. The van der Waals surface area contributed by atoms with E-state index in [-0.39, 0.29) is 25.2 Å². The van der Waals surface area contributed by atoms with Crippen molar-refractivity contribution in [1.82, 2.24) is 5.32 Å². The fourth-order valence-corrected chi connectivity index (χ4v) is 1.26. The maximum Gasteiger partial charge on any atom is 0.258 e. The third kappa shape index (κ3) is 4.74. The van der Waals surface area contributed by atoms with E-state index in [0.29, 0.717) is 17.9 Å². The number of anilines is 1. The van der Waals surface area contributed by atoms with Gasteiger partial charge in [0.2, 0.25) is 0 Å². The molecule has 0 saturated heterocycles. The van der Waals surface area contributed by atoms with Gasteiger partial charge in [-0.2, -0.15) is 0 Å². The summed E-state index contributed by atoms with van der Waals surface area (Å²) < 4.78 is 5.26. The van der Waals surface area contributed by atoms with Crippen LogP contribution < -0.4 is 15.8 Å². The third-order valence-electron chi connectivity index (χ3n) is 2.33. The average molecular weight is 238 g/mol. The summed E-state index contributed by atoms with van der Waals surface area (Å²) in [4.78, 5) is 11.4. The van der Waals surface area contributed by atoms with Gasteiger partial charge in [-0.1, -0.05) is 6.92 Å². The van der Waals surface area contributed by atoms with Gasteiger partial charge in [-0.05, 0) is 30.7 Å². The van der Waals surface area contributed by atoms with Gasteiger partial charge in [0.15, 0.2) is 6.61 Å². The summed E-state index contributed by atoms with van der Waals surface area (Å²) in [6.07, 6.45) is 0.685. The summed E-state index contributed by atoms with van der Waals surface area (Å²) in [5.74, 6) is 0.342. The Morgan fingerprint density at radius 1 is 1.47 bits per heavy atom. The number of rotatable bonds is 6. The van der Waals surface area contributed by atoms with E-state index in [1.807, 2.05) is 6.92 Å². The van der Waals surface area contributed by atoms with Crippen LogP contribution in [0.25, 0.3) is 0 Å². The van der Waals surface area contributed by atoms with Crippen molar-refractivity contribution in [3.8, 4) is 5.75 Å². The second kappa shape index (κ2) is 6.75. The van der Waals surface area contributed by atoms with Crippen molar-refractivity contribution in [1.29, 1.82) is 0 Å². The highest BCUT2D eigenvalue weighted by Crippen LogP contribution is 2.12. The number of nitrogens with two attached hydrogens (primary N) is 1. The molecular formula is C12H18N2O3. The maximum absolute atomic E-state index is 11.4. The van der Waals surface area contributed by atoms with Crippen LogP contribution in [0.2, 0.25) is 0 Å². The number of carbonyl (C=O) groups excluding carboxylic acids is 1. The first kappa shape index (κ1) is 13.3. The van der Waals surface area contributed by atoms with Gasteiger partial charge in [0.05, 0.1) is 12.6 Å². The molecule has 5 heteroatoms. The molecule has 0 fully saturated rings. The van der Waals surface area contributed by atoms with E-state index in [0.717, 1.165) is 0 Å². The number of aliphatic hydroxyl groups excluding tert-OH is 1. The van der Waals surface area contributed by atoms with Gasteiger partial charge in [0.1, 0.15) is 5.75 Å². The molecule has 1 atom stereocenters. The molecule has 1 aromatic carbocycles. The molecule has 4 N–H and O–H groups in total. The summed E-state index contributed by atoms with van der Waals surface area (Å²) in [6, 6.07) is 6.60. The number of benzene rings is 1. The minimum Gasteiger partial charge on any atom is -0.484 e. The van der Waals surface area contributed by atoms with Gasteiger partial charge in [-0.3, -0.25) is 4.79 Å². The van der Waals surface area contributed by atoms with Crippen LogP contribution in [0.3, 0.4) is 0 Å². The Labute approximate surface area is 101 Å². The molecule has 0 aliphatic heterocycles. The van der Waals surface area contributed by atoms with Gasteiger partial charge in [-0.15, -0.1) is 0 Å². The van der Waals surface area contributed by atoms with E-state index < -0.39 is 0 Å². The minimum absolute atomic E-state index is 0.0654. The summed E-state index contributed by atoms with van der Waals surface area (Å²) in [7, 11) is 0. The highest BCUT2D eigenvalue weighted by molar-refractivity contribution is 5.77. The molecule has 0 saturated carbocycles. The predicted octanol–water partition coefficient (Wildman–Crippen LogP) is 0.535. The SMILES string of the molecule is CC[C@@H](CO)NC(=O)COc1ccc(N)cc1. The second-order valence-corrected chi connectivity index (χ2v) is 3.71. The highest BCUT2D eigenvalue weighted by Gasteiger charge is 2.09. The van der Waals surface area contributed by atoms with Crippen LogP contribution in [0, 0.1) is 0 Å². The van der Waals surface area contributed by atoms with Crippen LogP contribution in [-0.4, -0.2) is 30.3 Å². The number of nitrogen functional groups attached to an aromatic ring is 1. The van der Waals surface area contributed by atoms with E-state index in [1.54, 1.807) is 24.3 Å². The lowest BCUT2D eigenvalue weighted by Crippen LogP contribution is -2.39. The number of nitrogens with one attached hydrogen (secondary N) is 1. The second-order valence-electron chi connectivity index (χ2n) is 3.71. The van der Waals surface area contributed by atoms with E-state index in [4.69, 9.17) is 15.6 Å². The van der Waals surface area contributed by atoms with Crippen molar-refractivity contribution >= 4 is 11.6 Å². The van der Waals surface area contributed by atoms with E-state index >= 15 is 0 Å². The first-order valence-corrected chi connectivity index (χ1v) is 5.54. The lowest BCUT2D eigenvalue weighted by atomic mass is 10.2. The van der Waals surface area contributed by atoms with Crippen molar-refractivity contribution < 1.29 is 14.6 Å². The van der Waals surface area contributed by atoms with Gasteiger partial charge in [-0.25, -0.2) is 0 Å². The van der Waals surface area contributed by atoms with Crippen molar-refractivity contribution in [3.63, 3.8) is 0 Å².